The molecular formula is C37H18F12N8O5. The molecule has 2 heterocycles. The van der Waals surface area contributed by atoms with E-state index in [1.807, 2.05) is 0 Å². The molecule has 13 nitrogen and oxygen atoms in total. The Morgan fingerprint density at radius 2 is 0.919 bits per heavy atom. The summed E-state index contributed by atoms with van der Waals surface area (Å²) < 4.78 is 171. The number of aromatic nitrogens is 6. The molecule has 0 bridgehead atoms. The Labute approximate surface area is 337 Å². The fourth-order valence-electron chi connectivity index (χ4n) is 5.47. The molecule has 320 valence electrons. The van der Waals surface area contributed by atoms with E-state index >= 15 is 0 Å². The van der Waals surface area contributed by atoms with Crippen LogP contribution in [0.15, 0.2) is 84.9 Å². The number of carbonyl (C=O) groups excluding carboxylic acids is 1. The summed E-state index contributed by atoms with van der Waals surface area (Å²) in [4.78, 5) is 22.7. The second-order valence-corrected chi connectivity index (χ2v) is 12.3. The average molecular weight is 883 g/mol. The first-order chi connectivity index (χ1) is 29.0. The highest BCUT2D eigenvalue weighted by Crippen LogP contribution is 2.39. The second-order valence-electron chi connectivity index (χ2n) is 12.3. The molecule has 62 heavy (non-hydrogen) atoms. The van der Waals surface area contributed by atoms with Crippen molar-refractivity contribution in [3.05, 3.63) is 130 Å². The zero-order valence-electron chi connectivity index (χ0n) is 30.2. The van der Waals surface area contributed by atoms with Crippen LogP contribution in [0.25, 0.3) is 22.5 Å². The summed E-state index contributed by atoms with van der Waals surface area (Å²) >= 11 is 0. The van der Waals surface area contributed by atoms with E-state index in [0.29, 0.717) is 12.1 Å². The topological polar surface area (TPSA) is 163 Å². The molecule has 6 rings (SSSR count). The van der Waals surface area contributed by atoms with Crippen LogP contribution >= 0.6 is 0 Å². The standard InChI is InChI=1S/C37H18F12N8O5/c38-34(39,40)23-7-9-27(36(44,45)46)21(11-23)17-59-25-5-1-3-19(13-25)31-29(15-50)52-56(54-31)61-33(58)62-57-53-30(16-51)32(55-57)20-4-2-6-26(14-20)60-18-22-12-24(35(41,42)43)8-10-28(22)37(47,48)49/h1-14H,17-18H2. The van der Waals surface area contributed by atoms with Crippen molar-refractivity contribution in [2.75, 3.05) is 0 Å². The lowest BCUT2D eigenvalue weighted by Gasteiger charge is -2.16. The Bertz CT molecular complexity index is 2550. The van der Waals surface area contributed by atoms with Crippen molar-refractivity contribution < 1.29 is 76.6 Å². The normalized spacial score (nSPS) is 12.0. The van der Waals surface area contributed by atoms with Crippen molar-refractivity contribution in [2.24, 2.45) is 0 Å². The smallest absolute Gasteiger partial charge is 0.489 e. The fraction of sp³-hybridized carbons (Fsp3) is 0.162. The van der Waals surface area contributed by atoms with Crippen LogP contribution in [0, 0.1) is 22.7 Å². The summed E-state index contributed by atoms with van der Waals surface area (Å²) in [6.07, 6.45) is -21.6. The number of halogens is 12. The minimum atomic E-state index is -5.01. The summed E-state index contributed by atoms with van der Waals surface area (Å²) in [5.41, 5.74) is -8.56. The minimum absolute atomic E-state index is 0.0150. The van der Waals surface area contributed by atoms with E-state index in [2.05, 4.69) is 20.4 Å². The number of rotatable bonds is 10. The van der Waals surface area contributed by atoms with Crippen molar-refractivity contribution in [2.45, 2.75) is 37.9 Å². The summed E-state index contributed by atoms with van der Waals surface area (Å²) in [6, 6.07) is 15.1. The molecule has 0 amide bonds. The monoisotopic (exact) mass is 882 g/mol. The highest BCUT2D eigenvalue weighted by Gasteiger charge is 2.38. The van der Waals surface area contributed by atoms with Crippen LogP contribution in [0.4, 0.5) is 57.5 Å². The van der Waals surface area contributed by atoms with Gasteiger partial charge in [-0.25, -0.2) is 0 Å². The summed E-state index contributed by atoms with van der Waals surface area (Å²) in [6.45, 7) is -1.92. The Hall–Kier alpha value is -7.83. The number of benzene rings is 4. The fourth-order valence-corrected chi connectivity index (χ4v) is 5.47. The van der Waals surface area contributed by atoms with Gasteiger partial charge in [0.05, 0.1) is 22.3 Å². The van der Waals surface area contributed by atoms with Gasteiger partial charge in [0, 0.05) is 32.2 Å². The number of carbonyl (C=O) groups is 1. The van der Waals surface area contributed by atoms with Gasteiger partial charge >= 0.3 is 30.9 Å². The van der Waals surface area contributed by atoms with E-state index < -0.39 is 88.8 Å². The van der Waals surface area contributed by atoms with Crippen molar-refractivity contribution in [3.63, 3.8) is 0 Å². The SMILES string of the molecule is N#Cc1nn(OC(=O)On2nc(C#N)c(-c3cccc(OCc4cc(C(F)(F)F)ccc4C(F)(F)F)c3)n2)nc1-c1cccc(OCc2cc(C(F)(F)F)ccc2C(F)(F)F)c1. The predicted octanol–water partition coefficient (Wildman–Crippen LogP) is 8.86. The zero-order valence-corrected chi connectivity index (χ0v) is 30.2. The first-order valence-electron chi connectivity index (χ1n) is 16.7. The van der Waals surface area contributed by atoms with Gasteiger partial charge in [0.2, 0.25) is 0 Å². The van der Waals surface area contributed by atoms with E-state index in [1.165, 1.54) is 36.4 Å². The van der Waals surface area contributed by atoms with Crippen LogP contribution in [-0.4, -0.2) is 36.5 Å². The number of ether oxygens (including phenoxy) is 2. The van der Waals surface area contributed by atoms with Gasteiger partial charge in [0.15, 0.2) is 11.4 Å². The first kappa shape index (κ1) is 43.7. The van der Waals surface area contributed by atoms with Gasteiger partial charge in [-0.3, -0.25) is 9.68 Å². The quantitative estimate of drug-likeness (QED) is 0.121. The summed E-state index contributed by atoms with van der Waals surface area (Å²) in [5.74, 6) is -0.354. The second kappa shape index (κ2) is 16.7. The summed E-state index contributed by atoms with van der Waals surface area (Å²) in [5, 5.41) is 34.3. The molecule has 0 fully saturated rings. The number of nitrogens with zero attached hydrogens (tertiary/aromatic N) is 8. The maximum absolute atomic E-state index is 13.5. The Morgan fingerprint density at radius 1 is 0.532 bits per heavy atom. The molecule has 0 N–H and O–H groups in total. The Balaban J connectivity index is 1.15. The van der Waals surface area contributed by atoms with Gasteiger partial charge in [-0.1, -0.05) is 24.3 Å². The Morgan fingerprint density at radius 3 is 1.26 bits per heavy atom. The largest absolute Gasteiger partial charge is 0.564 e. The third kappa shape index (κ3) is 10.1. The molecule has 0 atom stereocenters. The first-order valence-corrected chi connectivity index (χ1v) is 16.7. The molecule has 25 heteroatoms. The number of hydrogen-bond acceptors (Lipinski definition) is 11. The molecule has 0 aliphatic carbocycles. The third-order valence-electron chi connectivity index (χ3n) is 8.19. The van der Waals surface area contributed by atoms with Crippen molar-refractivity contribution >= 4 is 6.16 Å². The van der Waals surface area contributed by atoms with E-state index in [9.17, 15) is 68.0 Å². The molecule has 6 aromatic rings. The average Bonchev–Trinajstić information content (AvgIpc) is 3.81. The van der Waals surface area contributed by atoms with Crippen LogP contribution in [0.3, 0.4) is 0 Å². The van der Waals surface area contributed by atoms with Gasteiger partial charge in [0.25, 0.3) is 0 Å². The maximum atomic E-state index is 13.5. The van der Waals surface area contributed by atoms with E-state index in [0.717, 1.165) is 12.1 Å². The van der Waals surface area contributed by atoms with Crippen LogP contribution in [-0.2, 0) is 37.9 Å². The number of nitriles is 2. The molecule has 2 aromatic heterocycles. The lowest BCUT2D eigenvalue weighted by Crippen LogP contribution is -2.31. The lowest BCUT2D eigenvalue weighted by molar-refractivity contribution is -0.142. The van der Waals surface area contributed by atoms with E-state index in [-0.39, 0.29) is 68.2 Å². The highest BCUT2D eigenvalue weighted by atomic mass is 19.4. The molecule has 0 spiro atoms. The van der Waals surface area contributed by atoms with Crippen LogP contribution in [0.1, 0.15) is 44.8 Å². The molecule has 4 aromatic carbocycles. The number of hydrogen-bond donors (Lipinski definition) is 0. The third-order valence-corrected chi connectivity index (χ3v) is 8.19. The minimum Gasteiger partial charge on any atom is -0.489 e. The molecule has 0 saturated carbocycles. The van der Waals surface area contributed by atoms with E-state index in [4.69, 9.17) is 19.1 Å². The maximum Gasteiger partial charge on any atom is 0.564 e. The molecule has 0 aliphatic rings. The van der Waals surface area contributed by atoms with Gasteiger partial charge in [0.1, 0.15) is 48.2 Å². The highest BCUT2D eigenvalue weighted by molar-refractivity contribution is 5.67. The Kier molecular flexibility index (Phi) is 11.8. The molecule has 0 saturated heterocycles. The van der Waals surface area contributed by atoms with Gasteiger partial charge in [-0.2, -0.15) is 68.0 Å². The van der Waals surface area contributed by atoms with Gasteiger partial charge < -0.3 is 9.47 Å². The van der Waals surface area contributed by atoms with Crippen LogP contribution in [0.2, 0.25) is 0 Å². The number of alkyl halides is 12. The lowest BCUT2D eigenvalue weighted by atomic mass is 10.0. The van der Waals surface area contributed by atoms with Crippen molar-refractivity contribution in [3.8, 4) is 46.2 Å². The molecule has 0 radical (unpaired) electrons. The van der Waals surface area contributed by atoms with Crippen LogP contribution < -0.4 is 19.1 Å². The summed E-state index contributed by atoms with van der Waals surface area (Å²) in [7, 11) is 0. The van der Waals surface area contributed by atoms with Gasteiger partial charge in [-0.05, 0) is 60.7 Å². The van der Waals surface area contributed by atoms with Crippen molar-refractivity contribution in [1.29, 1.82) is 10.5 Å². The molecule has 0 aliphatic heterocycles. The van der Waals surface area contributed by atoms with Crippen molar-refractivity contribution in [1.82, 2.24) is 30.3 Å². The molecular weight excluding hydrogens is 864 g/mol. The van der Waals surface area contributed by atoms with Gasteiger partial charge in [-0.15, -0.1) is 20.4 Å². The molecule has 0 unspecified atom stereocenters. The predicted molar refractivity (Wildman–Crippen MR) is 180 cm³/mol. The van der Waals surface area contributed by atoms with Crippen LogP contribution in [0.5, 0.6) is 11.5 Å². The zero-order chi connectivity index (χ0) is 45.2. The van der Waals surface area contributed by atoms with E-state index in [1.54, 1.807) is 12.1 Å².